The third kappa shape index (κ3) is 3.44. The molecule has 0 N–H and O–H groups in total. The van der Waals surface area contributed by atoms with Gasteiger partial charge in [0.05, 0.1) is 0 Å². The third-order valence-electron chi connectivity index (χ3n) is 9.65. The molecule has 6 atom stereocenters. The number of unbranched alkanes of at least 4 members (excludes halogenated alkanes) is 2. The highest BCUT2D eigenvalue weighted by Crippen LogP contribution is 2.65. The monoisotopic (exact) mass is 356 g/mol. The average molecular weight is 357 g/mol. The van der Waals surface area contributed by atoms with E-state index in [1.165, 1.54) is 64.2 Å². The predicted octanol–water partition coefficient (Wildman–Crippen LogP) is 8.17. The summed E-state index contributed by atoms with van der Waals surface area (Å²) in [4.78, 5) is 0. The number of allylic oxidation sites excluding steroid dienone is 1. The molecular formula is C26H44. The van der Waals surface area contributed by atoms with Gasteiger partial charge in [-0.25, -0.2) is 0 Å². The molecule has 0 aromatic carbocycles. The molecule has 148 valence electrons. The van der Waals surface area contributed by atoms with Gasteiger partial charge >= 0.3 is 0 Å². The second kappa shape index (κ2) is 8.40. The summed E-state index contributed by atoms with van der Waals surface area (Å²) in [5, 5.41) is 0. The molecule has 0 aromatic rings. The van der Waals surface area contributed by atoms with Crippen LogP contribution in [0.25, 0.3) is 0 Å². The maximum absolute atomic E-state index is 3.96. The minimum atomic E-state index is 0.648. The van der Waals surface area contributed by atoms with Crippen molar-refractivity contribution in [3.63, 3.8) is 0 Å². The van der Waals surface area contributed by atoms with E-state index >= 15 is 0 Å². The Bertz CT molecular complexity index is 437. The highest BCUT2D eigenvalue weighted by molar-refractivity contribution is 5.06. The van der Waals surface area contributed by atoms with Gasteiger partial charge in [0.2, 0.25) is 0 Å². The Hall–Kier alpha value is -0.260. The first-order valence-electron chi connectivity index (χ1n) is 12.4. The molecule has 0 heterocycles. The standard InChI is InChI=1S/C26H44/c1-3-4-5-12-19-26(2,20-13-6-7-14-20)25-23-17-10-8-15-21(23)22-16-9-11-18-24(22)25/h3,20-25H,1,4-19H2,2H3/t21-,22+,23-,24+,25?,26-/m1/s1. The van der Waals surface area contributed by atoms with Gasteiger partial charge < -0.3 is 0 Å². The molecule has 4 fully saturated rings. The zero-order chi connectivity index (χ0) is 18.0. The molecule has 4 aliphatic carbocycles. The van der Waals surface area contributed by atoms with Gasteiger partial charge in [-0.15, -0.1) is 6.58 Å². The largest absolute Gasteiger partial charge is 0.103 e. The van der Waals surface area contributed by atoms with Crippen molar-refractivity contribution in [3.05, 3.63) is 12.7 Å². The van der Waals surface area contributed by atoms with Crippen LogP contribution < -0.4 is 0 Å². The Labute approximate surface area is 163 Å². The van der Waals surface area contributed by atoms with Gasteiger partial charge in [0.1, 0.15) is 0 Å². The van der Waals surface area contributed by atoms with E-state index in [0.29, 0.717) is 5.41 Å². The minimum absolute atomic E-state index is 0.648. The molecule has 4 saturated carbocycles. The zero-order valence-corrected chi connectivity index (χ0v) is 17.6. The van der Waals surface area contributed by atoms with Crippen LogP contribution in [0.1, 0.15) is 110 Å². The highest BCUT2D eigenvalue weighted by Gasteiger charge is 2.58. The lowest BCUT2D eigenvalue weighted by molar-refractivity contribution is 0.00528. The van der Waals surface area contributed by atoms with Gasteiger partial charge in [-0.05, 0) is 98.7 Å². The van der Waals surface area contributed by atoms with Crippen molar-refractivity contribution in [3.8, 4) is 0 Å². The van der Waals surface area contributed by atoms with Gasteiger partial charge in [0, 0.05) is 0 Å². The van der Waals surface area contributed by atoms with Gasteiger partial charge in [-0.2, -0.15) is 0 Å². The first-order chi connectivity index (χ1) is 12.8. The molecule has 0 radical (unpaired) electrons. The summed E-state index contributed by atoms with van der Waals surface area (Å²) >= 11 is 0. The number of hydrogen-bond donors (Lipinski definition) is 0. The Morgan fingerprint density at radius 1 is 0.731 bits per heavy atom. The Morgan fingerprint density at radius 3 is 1.77 bits per heavy atom. The van der Waals surface area contributed by atoms with Crippen molar-refractivity contribution in [2.45, 2.75) is 110 Å². The number of rotatable bonds is 7. The van der Waals surface area contributed by atoms with Crippen LogP contribution in [0.3, 0.4) is 0 Å². The van der Waals surface area contributed by atoms with Gasteiger partial charge in [-0.3, -0.25) is 0 Å². The van der Waals surface area contributed by atoms with E-state index in [1.807, 2.05) is 0 Å². The van der Waals surface area contributed by atoms with Crippen LogP contribution >= 0.6 is 0 Å². The van der Waals surface area contributed by atoms with E-state index in [1.54, 1.807) is 38.5 Å². The van der Waals surface area contributed by atoms with Gasteiger partial charge in [0.25, 0.3) is 0 Å². The molecule has 0 aliphatic heterocycles. The summed E-state index contributed by atoms with van der Waals surface area (Å²) in [6.45, 7) is 6.75. The molecule has 4 aliphatic rings. The van der Waals surface area contributed by atoms with Crippen LogP contribution in [0.5, 0.6) is 0 Å². The molecule has 0 aromatic heterocycles. The van der Waals surface area contributed by atoms with E-state index in [0.717, 1.165) is 35.5 Å². The summed E-state index contributed by atoms with van der Waals surface area (Å²) < 4.78 is 0. The van der Waals surface area contributed by atoms with Crippen molar-refractivity contribution in [2.75, 3.05) is 0 Å². The topological polar surface area (TPSA) is 0 Å². The normalized spacial score (nSPS) is 40.0. The smallest absolute Gasteiger partial charge is 0.0264 e. The molecule has 0 saturated heterocycles. The van der Waals surface area contributed by atoms with Crippen molar-refractivity contribution < 1.29 is 0 Å². The fourth-order valence-electron chi connectivity index (χ4n) is 8.65. The summed E-state index contributed by atoms with van der Waals surface area (Å²) in [6, 6.07) is 0. The Kier molecular flexibility index (Phi) is 6.16. The van der Waals surface area contributed by atoms with Gasteiger partial charge in [-0.1, -0.05) is 57.9 Å². The van der Waals surface area contributed by atoms with Crippen LogP contribution in [-0.2, 0) is 0 Å². The minimum Gasteiger partial charge on any atom is -0.103 e. The average Bonchev–Trinajstić information content (AvgIpc) is 3.32. The second-order valence-corrected chi connectivity index (χ2v) is 10.8. The summed E-state index contributed by atoms with van der Waals surface area (Å²) in [5.74, 6) is 6.55. The highest BCUT2D eigenvalue weighted by atomic mass is 14.6. The number of fused-ring (bicyclic) bond motifs is 3. The molecule has 0 nitrogen and oxygen atoms in total. The molecule has 26 heavy (non-hydrogen) atoms. The molecule has 0 bridgehead atoms. The molecule has 4 rings (SSSR count). The van der Waals surface area contributed by atoms with E-state index in [9.17, 15) is 0 Å². The van der Waals surface area contributed by atoms with E-state index < -0.39 is 0 Å². The Morgan fingerprint density at radius 2 is 1.23 bits per heavy atom. The van der Waals surface area contributed by atoms with Crippen molar-refractivity contribution in [1.29, 1.82) is 0 Å². The molecule has 0 spiro atoms. The first-order valence-corrected chi connectivity index (χ1v) is 12.4. The fraction of sp³-hybridized carbons (Fsp3) is 0.923. The lowest BCUT2D eigenvalue weighted by Crippen LogP contribution is -2.41. The molecule has 0 amide bonds. The zero-order valence-electron chi connectivity index (χ0n) is 17.6. The summed E-state index contributed by atoms with van der Waals surface area (Å²) in [5.41, 5.74) is 0.648. The Balaban J connectivity index is 1.60. The second-order valence-electron chi connectivity index (χ2n) is 10.8. The molecular weight excluding hydrogens is 312 g/mol. The van der Waals surface area contributed by atoms with E-state index in [4.69, 9.17) is 0 Å². The number of hydrogen-bond acceptors (Lipinski definition) is 0. The van der Waals surface area contributed by atoms with Gasteiger partial charge in [0.15, 0.2) is 0 Å². The van der Waals surface area contributed by atoms with Crippen molar-refractivity contribution in [2.24, 2.45) is 40.9 Å². The van der Waals surface area contributed by atoms with Crippen LogP contribution in [-0.4, -0.2) is 0 Å². The SMILES string of the molecule is C=CCCCC[C@](C)(C1CCCC1)C1[C@H]2CCCC[C@H]2[C@H]2CCCC[C@@H]12. The van der Waals surface area contributed by atoms with Crippen molar-refractivity contribution >= 4 is 0 Å². The predicted molar refractivity (Wildman–Crippen MR) is 113 cm³/mol. The quantitative estimate of drug-likeness (QED) is 0.319. The van der Waals surface area contributed by atoms with Crippen LogP contribution in [0.2, 0.25) is 0 Å². The lowest BCUT2D eigenvalue weighted by Gasteiger charge is -2.48. The molecule has 1 unspecified atom stereocenters. The third-order valence-corrected chi connectivity index (χ3v) is 9.65. The summed E-state index contributed by atoms with van der Waals surface area (Å²) in [7, 11) is 0. The van der Waals surface area contributed by atoms with E-state index in [-0.39, 0.29) is 0 Å². The van der Waals surface area contributed by atoms with E-state index in [2.05, 4.69) is 19.6 Å². The van der Waals surface area contributed by atoms with Crippen LogP contribution in [0.4, 0.5) is 0 Å². The first kappa shape index (κ1) is 19.1. The fourth-order valence-corrected chi connectivity index (χ4v) is 8.65. The van der Waals surface area contributed by atoms with Crippen LogP contribution in [0.15, 0.2) is 12.7 Å². The maximum atomic E-state index is 3.96. The van der Waals surface area contributed by atoms with Crippen LogP contribution in [0, 0.1) is 40.9 Å². The molecule has 0 heteroatoms. The van der Waals surface area contributed by atoms with Crippen molar-refractivity contribution in [1.82, 2.24) is 0 Å². The lowest BCUT2D eigenvalue weighted by atomic mass is 9.57. The maximum Gasteiger partial charge on any atom is -0.0264 e. The summed E-state index contributed by atoms with van der Waals surface area (Å²) in [6.07, 6.45) is 26.3.